The number of urea groups is 1. The average Bonchev–Trinajstić information content (AvgIpc) is 3.41. The number of aliphatic imine (C=N–C) groups is 1. The van der Waals surface area contributed by atoms with Gasteiger partial charge in [0.25, 0.3) is 0 Å². The summed E-state index contributed by atoms with van der Waals surface area (Å²) in [7, 11) is -1.65. The SMILES string of the molecule is CC(C)(O)C[C@@H](NC(=O)N1CC2=C(CN=C2NC(=O)C2([Si](C)(C)C)CC2)C1(C)C)c1ccccc1. The van der Waals surface area contributed by atoms with Crippen molar-refractivity contribution in [1.29, 1.82) is 0 Å². The molecule has 0 bridgehead atoms. The number of hydrogen-bond acceptors (Lipinski definition) is 4. The summed E-state index contributed by atoms with van der Waals surface area (Å²) in [6, 6.07) is 9.24. The average molecular weight is 497 g/mol. The Morgan fingerprint density at radius 1 is 1.17 bits per heavy atom. The summed E-state index contributed by atoms with van der Waals surface area (Å²) in [5.74, 6) is 0.730. The molecule has 0 unspecified atom stereocenters. The molecule has 1 saturated carbocycles. The Kier molecular flexibility index (Phi) is 6.29. The van der Waals surface area contributed by atoms with Gasteiger partial charge in [-0.05, 0) is 51.7 Å². The molecular formula is C27H40N4O3Si. The predicted octanol–water partition coefficient (Wildman–Crippen LogP) is 4.39. The van der Waals surface area contributed by atoms with Crippen molar-refractivity contribution in [2.24, 2.45) is 4.99 Å². The number of nitrogens with one attached hydrogen (secondary N) is 2. The Balaban J connectivity index is 1.49. The van der Waals surface area contributed by atoms with Crippen molar-refractivity contribution in [3.05, 3.63) is 47.0 Å². The second kappa shape index (κ2) is 8.59. The molecule has 0 radical (unpaired) electrons. The lowest BCUT2D eigenvalue weighted by Crippen LogP contribution is -2.52. The van der Waals surface area contributed by atoms with E-state index in [1.807, 2.05) is 49.1 Å². The quantitative estimate of drug-likeness (QED) is 0.510. The highest BCUT2D eigenvalue weighted by atomic mass is 28.3. The molecule has 7 nitrogen and oxygen atoms in total. The van der Waals surface area contributed by atoms with Crippen molar-refractivity contribution >= 4 is 25.8 Å². The molecule has 35 heavy (non-hydrogen) atoms. The monoisotopic (exact) mass is 496 g/mol. The summed E-state index contributed by atoms with van der Waals surface area (Å²) in [6.07, 6.45) is 2.30. The third-order valence-electron chi connectivity index (χ3n) is 8.08. The van der Waals surface area contributed by atoms with E-state index in [1.165, 1.54) is 0 Å². The van der Waals surface area contributed by atoms with Gasteiger partial charge in [-0.3, -0.25) is 9.79 Å². The fraction of sp³-hybridized carbons (Fsp3) is 0.593. The van der Waals surface area contributed by atoms with E-state index < -0.39 is 19.2 Å². The number of amides is 3. The van der Waals surface area contributed by atoms with Crippen molar-refractivity contribution in [2.45, 2.75) is 88.8 Å². The Morgan fingerprint density at radius 3 is 2.34 bits per heavy atom. The maximum absolute atomic E-state index is 13.6. The lowest BCUT2D eigenvalue weighted by Gasteiger charge is -2.36. The van der Waals surface area contributed by atoms with Crippen LogP contribution in [0.5, 0.6) is 0 Å². The van der Waals surface area contributed by atoms with Crippen LogP contribution in [0.1, 0.15) is 58.6 Å². The molecule has 4 rings (SSSR count). The summed E-state index contributed by atoms with van der Waals surface area (Å²) in [4.78, 5) is 33.3. The van der Waals surface area contributed by atoms with E-state index in [1.54, 1.807) is 13.8 Å². The first-order valence-corrected chi connectivity index (χ1v) is 16.1. The summed E-state index contributed by atoms with van der Waals surface area (Å²) >= 11 is 0. The van der Waals surface area contributed by atoms with Gasteiger partial charge in [0.15, 0.2) is 0 Å². The molecular weight excluding hydrogens is 456 g/mol. The molecule has 0 aromatic heterocycles. The van der Waals surface area contributed by atoms with Gasteiger partial charge in [0.2, 0.25) is 5.91 Å². The number of nitrogens with zero attached hydrogens (tertiary/aromatic N) is 2. The van der Waals surface area contributed by atoms with E-state index in [9.17, 15) is 14.7 Å². The number of rotatable bonds is 6. The Labute approximate surface area is 210 Å². The van der Waals surface area contributed by atoms with E-state index >= 15 is 0 Å². The third kappa shape index (κ3) is 4.83. The maximum Gasteiger partial charge on any atom is 0.318 e. The van der Waals surface area contributed by atoms with Crippen molar-refractivity contribution in [3.8, 4) is 0 Å². The topological polar surface area (TPSA) is 94.0 Å². The van der Waals surface area contributed by atoms with Gasteiger partial charge >= 0.3 is 6.03 Å². The fourth-order valence-electron chi connectivity index (χ4n) is 5.52. The van der Waals surface area contributed by atoms with E-state index in [0.29, 0.717) is 25.3 Å². The highest BCUT2D eigenvalue weighted by molar-refractivity contribution is 6.83. The van der Waals surface area contributed by atoms with Gasteiger partial charge in [-0.2, -0.15) is 0 Å². The van der Waals surface area contributed by atoms with Crippen molar-refractivity contribution in [3.63, 3.8) is 0 Å². The van der Waals surface area contributed by atoms with Crippen molar-refractivity contribution in [1.82, 2.24) is 15.5 Å². The first-order valence-electron chi connectivity index (χ1n) is 12.6. The first-order chi connectivity index (χ1) is 16.2. The van der Waals surface area contributed by atoms with Gasteiger partial charge in [-0.15, -0.1) is 0 Å². The molecule has 3 N–H and O–H groups in total. The van der Waals surface area contributed by atoms with Crippen LogP contribution in [0.3, 0.4) is 0 Å². The second-order valence-corrected chi connectivity index (χ2v) is 17.9. The molecule has 3 amide bonds. The van der Waals surface area contributed by atoms with Crippen LogP contribution in [0, 0.1) is 0 Å². The van der Waals surface area contributed by atoms with Crippen LogP contribution in [0.2, 0.25) is 24.7 Å². The van der Waals surface area contributed by atoms with Gasteiger partial charge < -0.3 is 20.6 Å². The molecule has 190 valence electrons. The number of aliphatic hydroxyl groups is 1. The Bertz CT molecular complexity index is 1080. The molecule has 2 heterocycles. The molecule has 8 heteroatoms. The fourth-order valence-corrected chi connectivity index (χ4v) is 7.89. The molecule has 1 fully saturated rings. The zero-order valence-corrected chi connectivity index (χ0v) is 23.2. The smallest absolute Gasteiger partial charge is 0.318 e. The van der Waals surface area contributed by atoms with Gasteiger partial charge in [-0.25, -0.2) is 4.79 Å². The van der Waals surface area contributed by atoms with Crippen LogP contribution >= 0.6 is 0 Å². The number of carbonyl (C=O) groups is 2. The van der Waals surface area contributed by atoms with Crippen molar-refractivity contribution < 1.29 is 14.7 Å². The summed E-state index contributed by atoms with van der Waals surface area (Å²) in [6.45, 7) is 15.2. The molecule has 0 spiro atoms. The summed E-state index contributed by atoms with van der Waals surface area (Å²) < 4.78 is 0. The van der Waals surface area contributed by atoms with Crippen LogP contribution < -0.4 is 10.6 Å². The normalized spacial score (nSPS) is 21.4. The molecule has 2 aliphatic heterocycles. The predicted molar refractivity (Wildman–Crippen MR) is 142 cm³/mol. The minimum atomic E-state index is -1.65. The number of hydrogen-bond donors (Lipinski definition) is 3. The standard InChI is InChI=1S/C27H40N4O3Si/c1-25(2,34)15-21(18-11-9-8-10-12-18)29-24(33)31-17-19-20(26(31,3)4)16-28-22(19)30-23(32)27(13-14-27)35(5,6)7/h8-12,21,34H,13-17H2,1-7H3,(H,29,33)(H,28,30,32)/t21-/m1/s1. The lowest BCUT2D eigenvalue weighted by molar-refractivity contribution is -0.120. The van der Waals surface area contributed by atoms with E-state index in [2.05, 4.69) is 35.3 Å². The number of benzene rings is 1. The number of carbonyl (C=O) groups excluding carboxylic acids is 2. The molecule has 1 aliphatic carbocycles. The van der Waals surface area contributed by atoms with E-state index in [0.717, 1.165) is 29.6 Å². The van der Waals surface area contributed by atoms with Gasteiger partial charge in [0.05, 0.1) is 38.3 Å². The minimum absolute atomic E-state index is 0.0965. The van der Waals surface area contributed by atoms with E-state index in [-0.39, 0.29) is 23.0 Å². The van der Waals surface area contributed by atoms with Crippen LogP contribution in [-0.4, -0.2) is 60.1 Å². The zero-order valence-electron chi connectivity index (χ0n) is 22.2. The van der Waals surface area contributed by atoms with Gasteiger partial charge in [0, 0.05) is 17.0 Å². The van der Waals surface area contributed by atoms with Gasteiger partial charge in [-0.1, -0.05) is 50.0 Å². The Morgan fingerprint density at radius 2 is 1.80 bits per heavy atom. The molecule has 1 aromatic rings. The molecule has 1 aromatic carbocycles. The van der Waals surface area contributed by atoms with Crippen LogP contribution in [-0.2, 0) is 4.79 Å². The molecule has 3 aliphatic rings. The molecule has 0 saturated heterocycles. The third-order valence-corrected chi connectivity index (χ3v) is 11.7. The zero-order chi connectivity index (χ0) is 25.8. The van der Waals surface area contributed by atoms with Gasteiger partial charge in [0.1, 0.15) is 5.84 Å². The summed E-state index contributed by atoms with van der Waals surface area (Å²) in [5, 5.41) is 16.6. The second-order valence-electron chi connectivity index (χ2n) is 12.5. The first kappa shape index (κ1) is 25.6. The molecule has 1 atom stereocenters. The largest absolute Gasteiger partial charge is 0.390 e. The van der Waals surface area contributed by atoms with Crippen LogP contribution in [0.15, 0.2) is 46.5 Å². The number of amidine groups is 1. The van der Waals surface area contributed by atoms with Crippen LogP contribution in [0.4, 0.5) is 4.79 Å². The van der Waals surface area contributed by atoms with E-state index in [4.69, 9.17) is 0 Å². The highest BCUT2D eigenvalue weighted by Gasteiger charge is 2.59. The minimum Gasteiger partial charge on any atom is -0.390 e. The van der Waals surface area contributed by atoms with Crippen LogP contribution in [0.25, 0.3) is 0 Å². The van der Waals surface area contributed by atoms with Crippen molar-refractivity contribution in [2.75, 3.05) is 13.1 Å². The Hall–Kier alpha value is -2.45. The maximum atomic E-state index is 13.6. The summed E-state index contributed by atoms with van der Waals surface area (Å²) in [5.41, 5.74) is 1.54. The highest BCUT2D eigenvalue weighted by Crippen LogP contribution is 2.60. The lowest BCUT2D eigenvalue weighted by atomic mass is 9.93.